The van der Waals surface area contributed by atoms with Crippen molar-refractivity contribution in [2.24, 2.45) is 0 Å². The zero-order chi connectivity index (χ0) is 19.2. The van der Waals surface area contributed by atoms with Gasteiger partial charge in [0.05, 0.1) is 11.3 Å². The van der Waals surface area contributed by atoms with Crippen molar-refractivity contribution < 1.29 is 19.1 Å². The van der Waals surface area contributed by atoms with Crippen LogP contribution in [0.3, 0.4) is 0 Å². The molecule has 0 aliphatic carbocycles. The third-order valence-corrected chi connectivity index (χ3v) is 4.99. The molecule has 27 heavy (non-hydrogen) atoms. The summed E-state index contributed by atoms with van der Waals surface area (Å²) in [5.41, 5.74) is 0.661. The Bertz CT molecular complexity index is 960. The summed E-state index contributed by atoms with van der Waals surface area (Å²) < 4.78 is 5.16. The lowest BCUT2D eigenvalue weighted by atomic mass is 10.1. The number of Topliss-reactive ketones (excluding diaryl/α,β-unsaturated/α-hetero) is 1. The van der Waals surface area contributed by atoms with Crippen molar-refractivity contribution in [3.63, 3.8) is 0 Å². The molecule has 0 aliphatic heterocycles. The van der Waals surface area contributed by atoms with Crippen LogP contribution >= 0.6 is 11.3 Å². The van der Waals surface area contributed by atoms with E-state index in [9.17, 15) is 14.4 Å². The maximum absolute atomic E-state index is 12.4. The van der Waals surface area contributed by atoms with E-state index in [2.05, 4.69) is 5.32 Å². The van der Waals surface area contributed by atoms with Gasteiger partial charge in [-0.3, -0.25) is 14.4 Å². The minimum absolute atomic E-state index is 0.0530. The van der Waals surface area contributed by atoms with E-state index in [0.29, 0.717) is 10.6 Å². The Kier molecular flexibility index (Phi) is 5.98. The number of esters is 1. The molecule has 0 spiro atoms. The number of nitrogens with one attached hydrogen (secondary N) is 1. The third kappa shape index (κ3) is 4.80. The first-order valence-electron chi connectivity index (χ1n) is 8.59. The summed E-state index contributed by atoms with van der Waals surface area (Å²) in [5, 5.41) is 6.52. The highest BCUT2D eigenvalue weighted by molar-refractivity contribution is 7.12. The van der Waals surface area contributed by atoms with Crippen LogP contribution in [0, 0.1) is 0 Å². The van der Waals surface area contributed by atoms with Crippen molar-refractivity contribution in [3.8, 4) is 0 Å². The summed E-state index contributed by atoms with van der Waals surface area (Å²) >= 11 is 1.34. The second kappa shape index (κ2) is 8.60. The quantitative estimate of drug-likeness (QED) is 0.485. The highest BCUT2D eigenvalue weighted by Gasteiger charge is 2.19. The average Bonchev–Trinajstić information content (AvgIpc) is 3.21. The molecule has 1 aromatic heterocycles. The van der Waals surface area contributed by atoms with E-state index in [-0.39, 0.29) is 18.6 Å². The lowest BCUT2D eigenvalue weighted by Crippen LogP contribution is -2.30. The van der Waals surface area contributed by atoms with Gasteiger partial charge in [0.25, 0.3) is 5.91 Å². The Hall–Kier alpha value is -2.99. The number of hydrogen-bond donors (Lipinski definition) is 1. The number of carbonyl (C=O) groups excluding carboxylic acids is 3. The van der Waals surface area contributed by atoms with E-state index < -0.39 is 18.0 Å². The number of rotatable bonds is 7. The van der Waals surface area contributed by atoms with E-state index in [4.69, 9.17) is 4.74 Å². The molecular weight excluding hydrogens is 362 g/mol. The fraction of sp³-hybridized carbons (Fsp3) is 0.190. The molecule has 0 unspecified atom stereocenters. The maximum Gasteiger partial charge on any atom is 0.307 e. The van der Waals surface area contributed by atoms with Crippen LogP contribution in [-0.4, -0.2) is 23.8 Å². The van der Waals surface area contributed by atoms with E-state index in [1.54, 1.807) is 18.2 Å². The van der Waals surface area contributed by atoms with Crippen LogP contribution in [0.5, 0.6) is 0 Å². The number of carbonyl (C=O) groups is 3. The van der Waals surface area contributed by atoms with E-state index in [1.165, 1.54) is 18.3 Å². The number of thiophene rings is 1. The third-order valence-electron chi connectivity index (χ3n) is 4.08. The van der Waals surface area contributed by atoms with Crippen molar-refractivity contribution in [2.45, 2.75) is 25.9 Å². The molecule has 2 aromatic carbocycles. The highest BCUT2D eigenvalue weighted by Crippen LogP contribution is 2.23. The van der Waals surface area contributed by atoms with Crippen LogP contribution in [0.15, 0.2) is 60.0 Å². The Morgan fingerprint density at radius 3 is 2.56 bits per heavy atom. The van der Waals surface area contributed by atoms with E-state index in [1.807, 2.05) is 41.8 Å². The summed E-state index contributed by atoms with van der Waals surface area (Å²) in [7, 11) is 0. The zero-order valence-electron chi connectivity index (χ0n) is 14.8. The summed E-state index contributed by atoms with van der Waals surface area (Å²) in [5.74, 6) is -1.08. The first-order chi connectivity index (χ1) is 13.0. The Labute approximate surface area is 161 Å². The number of hydrogen-bond acceptors (Lipinski definition) is 5. The van der Waals surface area contributed by atoms with Crippen molar-refractivity contribution in [1.29, 1.82) is 0 Å². The van der Waals surface area contributed by atoms with Gasteiger partial charge < -0.3 is 10.1 Å². The smallest absolute Gasteiger partial charge is 0.307 e. The van der Waals surface area contributed by atoms with Gasteiger partial charge in [-0.2, -0.15) is 0 Å². The molecule has 1 N–H and O–H groups in total. The second-order valence-electron chi connectivity index (χ2n) is 6.05. The van der Waals surface area contributed by atoms with Gasteiger partial charge in [0.2, 0.25) is 0 Å². The minimum Gasteiger partial charge on any atom is -0.453 e. The minimum atomic E-state index is -0.951. The van der Waals surface area contributed by atoms with Gasteiger partial charge in [0.1, 0.15) is 0 Å². The predicted octanol–water partition coefficient (Wildman–Crippen LogP) is 4.43. The van der Waals surface area contributed by atoms with Crippen molar-refractivity contribution in [3.05, 3.63) is 64.9 Å². The van der Waals surface area contributed by atoms with Crippen LogP contribution in [0.25, 0.3) is 10.8 Å². The molecule has 0 radical (unpaired) electrons. The van der Waals surface area contributed by atoms with Crippen molar-refractivity contribution in [1.82, 2.24) is 0 Å². The number of fused-ring (bicyclic) bond motifs is 1. The molecule has 0 bridgehead atoms. The van der Waals surface area contributed by atoms with Gasteiger partial charge in [0.15, 0.2) is 11.9 Å². The molecular formula is C21H19NO4S. The molecule has 0 fully saturated rings. The van der Waals surface area contributed by atoms with Gasteiger partial charge in [0, 0.05) is 17.5 Å². The maximum atomic E-state index is 12.4. The molecule has 3 rings (SSSR count). The standard InChI is InChI=1S/C21H19NO4S/c1-14(26-20(24)12-11-18(23)19-10-5-13-27-19)21(25)22-17-9-4-7-15-6-2-3-8-16(15)17/h2-10,13-14H,11-12H2,1H3,(H,22,25)/t14-/m1/s1. The number of anilines is 1. The van der Waals surface area contributed by atoms with Crippen LogP contribution in [-0.2, 0) is 14.3 Å². The molecule has 1 heterocycles. The molecule has 0 saturated heterocycles. The fourth-order valence-electron chi connectivity index (χ4n) is 2.65. The summed E-state index contributed by atoms with van der Waals surface area (Å²) in [6, 6.07) is 16.8. The molecule has 5 nitrogen and oxygen atoms in total. The van der Waals surface area contributed by atoms with Gasteiger partial charge in [-0.05, 0) is 29.8 Å². The van der Waals surface area contributed by atoms with Gasteiger partial charge in [-0.25, -0.2) is 0 Å². The van der Waals surface area contributed by atoms with E-state index >= 15 is 0 Å². The topological polar surface area (TPSA) is 72.5 Å². The number of benzene rings is 2. The van der Waals surface area contributed by atoms with Crippen LogP contribution in [0.4, 0.5) is 5.69 Å². The monoisotopic (exact) mass is 381 g/mol. The lowest BCUT2D eigenvalue weighted by Gasteiger charge is -2.14. The van der Waals surface area contributed by atoms with Gasteiger partial charge in [-0.15, -0.1) is 11.3 Å². The summed E-state index contributed by atoms with van der Waals surface area (Å²) in [6.45, 7) is 1.51. The Morgan fingerprint density at radius 2 is 1.78 bits per heavy atom. The summed E-state index contributed by atoms with van der Waals surface area (Å²) in [4.78, 5) is 36.8. The van der Waals surface area contributed by atoms with Gasteiger partial charge >= 0.3 is 5.97 Å². The number of ketones is 1. The van der Waals surface area contributed by atoms with Gasteiger partial charge in [-0.1, -0.05) is 42.5 Å². The normalized spacial score (nSPS) is 11.7. The summed E-state index contributed by atoms with van der Waals surface area (Å²) in [6.07, 6.45) is -0.937. The van der Waals surface area contributed by atoms with E-state index in [0.717, 1.165) is 10.8 Å². The molecule has 0 aliphatic rings. The number of ether oxygens (including phenoxy) is 1. The van der Waals surface area contributed by atoms with Crippen LogP contribution in [0.1, 0.15) is 29.4 Å². The number of amides is 1. The lowest BCUT2D eigenvalue weighted by molar-refractivity contribution is -0.153. The molecule has 0 saturated carbocycles. The van der Waals surface area contributed by atoms with Crippen LogP contribution in [0.2, 0.25) is 0 Å². The first kappa shape index (κ1) is 18.8. The Morgan fingerprint density at radius 1 is 1.00 bits per heavy atom. The predicted molar refractivity (Wildman–Crippen MR) is 106 cm³/mol. The fourth-order valence-corrected chi connectivity index (χ4v) is 3.35. The first-order valence-corrected chi connectivity index (χ1v) is 9.47. The molecule has 3 aromatic rings. The Balaban J connectivity index is 1.54. The molecule has 6 heteroatoms. The molecule has 1 amide bonds. The average molecular weight is 381 g/mol. The second-order valence-corrected chi connectivity index (χ2v) is 7.00. The van der Waals surface area contributed by atoms with Crippen molar-refractivity contribution in [2.75, 3.05) is 5.32 Å². The largest absolute Gasteiger partial charge is 0.453 e. The van der Waals surface area contributed by atoms with Crippen molar-refractivity contribution >= 4 is 45.5 Å². The zero-order valence-corrected chi connectivity index (χ0v) is 15.6. The highest BCUT2D eigenvalue weighted by atomic mass is 32.1. The molecule has 1 atom stereocenters. The van der Waals surface area contributed by atoms with Crippen LogP contribution < -0.4 is 5.32 Å². The molecule has 138 valence electrons. The SMILES string of the molecule is C[C@@H](OC(=O)CCC(=O)c1cccs1)C(=O)Nc1cccc2ccccc12.